The molecule has 1 N–H and O–H groups in total. The van der Waals surface area contributed by atoms with Crippen LogP contribution >= 0.6 is 11.3 Å². The van der Waals surface area contributed by atoms with Crippen LogP contribution < -0.4 is 15.5 Å². The predicted octanol–water partition coefficient (Wildman–Crippen LogP) is 4.75. The van der Waals surface area contributed by atoms with Crippen LogP contribution in [0.15, 0.2) is 63.3 Å². The van der Waals surface area contributed by atoms with Gasteiger partial charge in [0.15, 0.2) is 0 Å². The quantitative estimate of drug-likeness (QED) is 0.315. The zero-order valence-corrected chi connectivity index (χ0v) is 19.6. The number of nitrogens with one attached hydrogen (secondary N) is 1. The molecule has 2 aromatic carbocycles. The maximum absolute atomic E-state index is 13.0. The third kappa shape index (κ3) is 5.15. The van der Waals surface area contributed by atoms with Crippen LogP contribution in [-0.2, 0) is 16.1 Å². The molecular weight excluding hydrogens is 456 g/mol. The standard InChI is InChI=1S/C25H22N2O6S/c1-14-9-18(10-20-21(14)22(28)19(12-31-20)23-26-15(2)13-34-23)33-24(29)16(3)27-25(30)32-11-17-7-5-4-6-8-17/h4-10,12-13,16H,11H2,1-3H3,(H,27,30)/t16-/m0/s1. The fourth-order valence-electron chi connectivity index (χ4n) is 3.31. The highest BCUT2D eigenvalue weighted by atomic mass is 32.1. The lowest BCUT2D eigenvalue weighted by atomic mass is 10.1. The number of nitrogens with zero attached hydrogens (tertiary/aromatic N) is 1. The van der Waals surface area contributed by atoms with Gasteiger partial charge in [-0.2, -0.15) is 0 Å². The zero-order valence-electron chi connectivity index (χ0n) is 18.8. The minimum Gasteiger partial charge on any atom is -0.463 e. The van der Waals surface area contributed by atoms with Gasteiger partial charge in [0.25, 0.3) is 0 Å². The number of esters is 1. The lowest BCUT2D eigenvalue weighted by Crippen LogP contribution is -2.41. The second-order valence-electron chi connectivity index (χ2n) is 7.73. The summed E-state index contributed by atoms with van der Waals surface area (Å²) < 4.78 is 16.2. The van der Waals surface area contributed by atoms with E-state index in [9.17, 15) is 14.4 Å². The fourth-order valence-corrected chi connectivity index (χ4v) is 4.11. The van der Waals surface area contributed by atoms with Gasteiger partial charge >= 0.3 is 12.1 Å². The maximum Gasteiger partial charge on any atom is 0.408 e. The summed E-state index contributed by atoms with van der Waals surface area (Å²) in [5, 5.41) is 5.28. The van der Waals surface area contributed by atoms with Crippen LogP contribution in [0.1, 0.15) is 23.7 Å². The molecule has 0 aliphatic rings. The van der Waals surface area contributed by atoms with Crippen molar-refractivity contribution < 1.29 is 23.5 Å². The van der Waals surface area contributed by atoms with E-state index in [1.54, 1.807) is 13.0 Å². The molecule has 4 rings (SSSR count). The molecule has 0 radical (unpaired) electrons. The Hall–Kier alpha value is -3.98. The number of carbonyl (C=O) groups is 2. The summed E-state index contributed by atoms with van der Waals surface area (Å²) in [6, 6.07) is 11.3. The topological polar surface area (TPSA) is 108 Å². The number of hydrogen-bond acceptors (Lipinski definition) is 8. The molecule has 4 aromatic rings. The Morgan fingerprint density at radius 2 is 1.94 bits per heavy atom. The van der Waals surface area contributed by atoms with E-state index in [0.717, 1.165) is 11.3 Å². The molecular formula is C25H22N2O6S. The average Bonchev–Trinajstić information content (AvgIpc) is 3.24. The molecule has 9 heteroatoms. The Kier molecular flexibility index (Phi) is 6.74. The number of thiazole rings is 1. The van der Waals surface area contributed by atoms with Crippen molar-refractivity contribution in [3.05, 3.63) is 81.2 Å². The van der Waals surface area contributed by atoms with Crippen LogP contribution in [-0.4, -0.2) is 23.1 Å². The van der Waals surface area contributed by atoms with Crippen LogP contribution in [0.25, 0.3) is 21.5 Å². The number of aromatic nitrogens is 1. The molecule has 0 bridgehead atoms. The number of hydrogen-bond donors (Lipinski definition) is 1. The summed E-state index contributed by atoms with van der Waals surface area (Å²) >= 11 is 1.37. The number of ether oxygens (including phenoxy) is 2. The monoisotopic (exact) mass is 478 g/mol. The molecule has 0 aliphatic heterocycles. The lowest BCUT2D eigenvalue weighted by Gasteiger charge is -2.14. The Bertz CT molecular complexity index is 1410. The zero-order chi connectivity index (χ0) is 24.2. The lowest BCUT2D eigenvalue weighted by molar-refractivity contribution is -0.136. The smallest absolute Gasteiger partial charge is 0.408 e. The van der Waals surface area contributed by atoms with Gasteiger partial charge in [-0.15, -0.1) is 11.3 Å². The van der Waals surface area contributed by atoms with Gasteiger partial charge in [-0.3, -0.25) is 4.79 Å². The molecule has 1 amide bonds. The van der Waals surface area contributed by atoms with Gasteiger partial charge in [0.05, 0.1) is 10.9 Å². The third-order valence-corrected chi connectivity index (χ3v) is 6.01. The van der Waals surface area contributed by atoms with Gasteiger partial charge in [0, 0.05) is 17.1 Å². The van der Waals surface area contributed by atoms with Crippen molar-refractivity contribution in [3.63, 3.8) is 0 Å². The first-order valence-corrected chi connectivity index (χ1v) is 11.4. The van der Waals surface area contributed by atoms with Crippen molar-refractivity contribution in [2.24, 2.45) is 0 Å². The van der Waals surface area contributed by atoms with Gasteiger partial charge in [0.2, 0.25) is 5.43 Å². The Labute approximate surface area is 199 Å². The maximum atomic E-state index is 13.0. The molecule has 8 nitrogen and oxygen atoms in total. The summed E-state index contributed by atoms with van der Waals surface area (Å²) in [5.41, 5.74) is 2.70. The summed E-state index contributed by atoms with van der Waals surface area (Å²) in [7, 11) is 0. The second-order valence-corrected chi connectivity index (χ2v) is 8.59. The Balaban J connectivity index is 1.44. The normalized spacial score (nSPS) is 11.7. The van der Waals surface area contributed by atoms with E-state index < -0.39 is 18.1 Å². The van der Waals surface area contributed by atoms with E-state index >= 15 is 0 Å². The largest absolute Gasteiger partial charge is 0.463 e. The molecule has 0 fully saturated rings. The minimum absolute atomic E-state index is 0.0832. The molecule has 34 heavy (non-hydrogen) atoms. The van der Waals surface area contributed by atoms with Gasteiger partial charge in [-0.25, -0.2) is 14.6 Å². The van der Waals surface area contributed by atoms with Gasteiger partial charge in [0.1, 0.15) is 35.3 Å². The minimum atomic E-state index is -0.957. The van der Waals surface area contributed by atoms with Crippen LogP contribution in [0.4, 0.5) is 4.79 Å². The average molecular weight is 479 g/mol. The van der Waals surface area contributed by atoms with Crippen molar-refractivity contribution in [1.29, 1.82) is 0 Å². The van der Waals surface area contributed by atoms with E-state index in [0.29, 0.717) is 21.5 Å². The highest BCUT2D eigenvalue weighted by Crippen LogP contribution is 2.27. The van der Waals surface area contributed by atoms with Crippen molar-refractivity contribution in [1.82, 2.24) is 10.3 Å². The molecule has 1 atom stereocenters. The van der Waals surface area contributed by atoms with E-state index in [1.807, 2.05) is 42.6 Å². The van der Waals surface area contributed by atoms with Gasteiger partial charge in [-0.05, 0) is 38.0 Å². The summed E-state index contributed by atoms with van der Waals surface area (Å²) in [4.78, 5) is 41.9. The van der Waals surface area contributed by atoms with E-state index in [4.69, 9.17) is 13.9 Å². The first-order chi connectivity index (χ1) is 16.3. The van der Waals surface area contributed by atoms with E-state index in [2.05, 4.69) is 10.3 Å². The van der Waals surface area contributed by atoms with Crippen molar-refractivity contribution in [2.45, 2.75) is 33.4 Å². The SMILES string of the molecule is Cc1csc(-c2coc3cc(OC(=O)[C@H](C)NC(=O)OCc4ccccc4)cc(C)c3c2=O)n1. The summed E-state index contributed by atoms with van der Waals surface area (Å²) in [6.45, 7) is 5.16. The first-order valence-electron chi connectivity index (χ1n) is 10.5. The number of amides is 1. The molecule has 0 saturated heterocycles. The number of alkyl carbamates (subject to hydrolysis) is 1. The molecule has 0 saturated carbocycles. The summed E-state index contributed by atoms with van der Waals surface area (Å²) in [5.74, 6) is -0.491. The number of benzene rings is 2. The van der Waals surface area contributed by atoms with E-state index in [-0.39, 0.29) is 23.4 Å². The van der Waals surface area contributed by atoms with Crippen molar-refractivity contribution in [2.75, 3.05) is 0 Å². The van der Waals surface area contributed by atoms with Crippen molar-refractivity contribution in [3.8, 4) is 16.3 Å². The third-order valence-electron chi connectivity index (χ3n) is 5.02. The summed E-state index contributed by atoms with van der Waals surface area (Å²) in [6.07, 6.45) is 0.625. The van der Waals surface area contributed by atoms with Crippen LogP contribution in [0.5, 0.6) is 5.75 Å². The second kappa shape index (κ2) is 9.88. The van der Waals surface area contributed by atoms with Gasteiger partial charge < -0.3 is 19.2 Å². The molecule has 2 heterocycles. The molecule has 0 unspecified atom stereocenters. The highest BCUT2D eigenvalue weighted by molar-refractivity contribution is 7.13. The highest BCUT2D eigenvalue weighted by Gasteiger charge is 2.20. The number of aryl methyl sites for hydroxylation is 2. The van der Waals surface area contributed by atoms with E-state index in [1.165, 1.54) is 30.6 Å². The van der Waals surface area contributed by atoms with Gasteiger partial charge in [-0.1, -0.05) is 30.3 Å². The van der Waals surface area contributed by atoms with Crippen LogP contribution in [0.2, 0.25) is 0 Å². The Morgan fingerprint density at radius 3 is 2.65 bits per heavy atom. The molecule has 0 spiro atoms. The van der Waals surface area contributed by atoms with Crippen LogP contribution in [0.3, 0.4) is 0 Å². The molecule has 174 valence electrons. The molecule has 0 aliphatic carbocycles. The van der Waals surface area contributed by atoms with Crippen LogP contribution in [0, 0.1) is 13.8 Å². The first kappa shape index (κ1) is 23.2. The van der Waals surface area contributed by atoms with Crippen molar-refractivity contribution >= 4 is 34.4 Å². The predicted molar refractivity (Wildman–Crippen MR) is 128 cm³/mol. The fraction of sp³-hybridized carbons (Fsp3) is 0.200. The molecule has 2 aromatic heterocycles. The number of carbonyl (C=O) groups excluding carboxylic acids is 2. The Morgan fingerprint density at radius 1 is 1.18 bits per heavy atom. The number of fused-ring (bicyclic) bond motifs is 1. The number of rotatable bonds is 6.